The van der Waals surface area contributed by atoms with Gasteiger partial charge in [0, 0.05) is 16.8 Å². The first-order chi connectivity index (χ1) is 11.8. The SMILES string of the molecule is NOCc1ccccc1-n1nc(C(=O)O)c2c1CCC(C(F)(F)F)C2. The highest BCUT2D eigenvalue weighted by atomic mass is 19.4. The second-order valence-corrected chi connectivity index (χ2v) is 5.91. The first-order valence-electron chi connectivity index (χ1n) is 7.63. The Morgan fingerprint density at radius 3 is 2.76 bits per heavy atom. The average Bonchev–Trinajstić information content (AvgIpc) is 2.94. The Bertz CT molecular complexity index is 802. The van der Waals surface area contributed by atoms with Crippen molar-refractivity contribution < 1.29 is 27.9 Å². The minimum absolute atomic E-state index is 0.0678. The van der Waals surface area contributed by atoms with Gasteiger partial charge in [-0.15, -0.1) is 0 Å². The number of para-hydroxylation sites is 1. The molecule has 6 nitrogen and oxygen atoms in total. The Balaban J connectivity index is 2.11. The van der Waals surface area contributed by atoms with Gasteiger partial charge in [0.1, 0.15) is 0 Å². The van der Waals surface area contributed by atoms with Crippen molar-refractivity contribution in [3.8, 4) is 5.69 Å². The summed E-state index contributed by atoms with van der Waals surface area (Å²) < 4.78 is 40.6. The molecule has 134 valence electrons. The minimum Gasteiger partial charge on any atom is -0.476 e. The summed E-state index contributed by atoms with van der Waals surface area (Å²) in [5.41, 5.74) is 1.49. The van der Waals surface area contributed by atoms with Crippen LogP contribution in [0.2, 0.25) is 0 Å². The maximum Gasteiger partial charge on any atom is 0.392 e. The predicted molar refractivity (Wildman–Crippen MR) is 81.1 cm³/mol. The molecule has 0 amide bonds. The number of carbonyl (C=O) groups is 1. The molecule has 1 aliphatic rings. The molecule has 1 unspecified atom stereocenters. The maximum atomic E-state index is 13.1. The lowest BCUT2D eigenvalue weighted by Gasteiger charge is -2.25. The van der Waals surface area contributed by atoms with Gasteiger partial charge >= 0.3 is 12.1 Å². The number of aromatic nitrogens is 2. The number of carboxylic acid groups (broad SMARTS) is 1. The largest absolute Gasteiger partial charge is 0.476 e. The van der Waals surface area contributed by atoms with Gasteiger partial charge < -0.3 is 5.11 Å². The molecule has 1 atom stereocenters. The molecule has 1 aromatic carbocycles. The second-order valence-electron chi connectivity index (χ2n) is 5.91. The topological polar surface area (TPSA) is 90.4 Å². The lowest BCUT2D eigenvalue weighted by Crippen LogP contribution is -2.29. The number of benzene rings is 1. The van der Waals surface area contributed by atoms with Gasteiger partial charge in [-0.3, -0.25) is 4.84 Å². The van der Waals surface area contributed by atoms with Crippen molar-refractivity contribution in [2.75, 3.05) is 0 Å². The Morgan fingerprint density at radius 1 is 1.40 bits per heavy atom. The maximum absolute atomic E-state index is 13.1. The van der Waals surface area contributed by atoms with Crippen LogP contribution in [-0.4, -0.2) is 27.0 Å². The van der Waals surface area contributed by atoms with Gasteiger partial charge in [-0.1, -0.05) is 18.2 Å². The number of halogens is 3. The third-order valence-electron chi connectivity index (χ3n) is 4.39. The molecule has 1 aromatic heterocycles. The van der Waals surface area contributed by atoms with Gasteiger partial charge in [-0.25, -0.2) is 15.4 Å². The van der Waals surface area contributed by atoms with E-state index in [9.17, 15) is 23.1 Å². The smallest absolute Gasteiger partial charge is 0.392 e. The van der Waals surface area contributed by atoms with Gasteiger partial charge in [0.15, 0.2) is 5.69 Å². The molecular weight excluding hydrogens is 339 g/mol. The minimum atomic E-state index is -4.36. The zero-order valence-electron chi connectivity index (χ0n) is 13.1. The van der Waals surface area contributed by atoms with Crippen LogP contribution in [0.15, 0.2) is 24.3 Å². The highest BCUT2D eigenvalue weighted by Crippen LogP contribution is 2.39. The Labute approximate surface area is 141 Å². The van der Waals surface area contributed by atoms with Crippen molar-refractivity contribution in [3.63, 3.8) is 0 Å². The number of hydrogen-bond acceptors (Lipinski definition) is 4. The van der Waals surface area contributed by atoms with Crippen LogP contribution in [0.1, 0.15) is 33.7 Å². The van der Waals surface area contributed by atoms with Crippen molar-refractivity contribution in [1.29, 1.82) is 0 Å². The second kappa shape index (κ2) is 6.49. The van der Waals surface area contributed by atoms with Gasteiger partial charge in [0.25, 0.3) is 0 Å². The van der Waals surface area contributed by atoms with E-state index in [4.69, 9.17) is 5.90 Å². The zero-order valence-corrected chi connectivity index (χ0v) is 13.1. The van der Waals surface area contributed by atoms with E-state index in [-0.39, 0.29) is 37.1 Å². The van der Waals surface area contributed by atoms with Gasteiger partial charge in [0.2, 0.25) is 0 Å². The van der Waals surface area contributed by atoms with Crippen LogP contribution < -0.4 is 5.90 Å². The lowest BCUT2D eigenvalue weighted by atomic mass is 9.85. The van der Waals surface area contributed by atoms with Crippen molar-refractivity contribution in [2.24, 2.45) is 11.8 Å². The molecule has 1 heterocycles. The fourth-order valence-corrected chi connectivity index (χ4v) is 3.20. The third-order valence-corrected chi connectivity index (χ3v) is 4.39. The van der Waals surface area contributed by atoms with Crippen LogP contribution in [0.4, 0.5) is 13.2 Å². The molecule has 0 saturated heterocycles. The zero-order chi connectivity index (χ0) is 18.2. The Kier molecular flexibility index (Phi) is 4.53. The van der Waals surface area contributed by atoms with E-state index in [0.29, 0.717) is 16.9 Å². The molecule has 25 heavy (non-hydrogen) atoms. The molecule has 3 rings (SSSR count). The van der Waals surface area contributed by atoms with Crippen LogP contribution in [0, 0.1) is 5.92 Å². The van der Waals surface area contributed by atoms with Gasteiger partial charge in [-0.05, 0) is 25.3 Å². The van der Waals surface area contributed by atoms with Crippen molar-refractivity contribution >= 4 is 5.97 Å². The molecule has 0 radical (unpaired) electrons. The third kappa shape index (κ3) is 3.24. The van der Waals surface area contributed by atoms with E-state index >= 15 is 0 Å². The summed E-state index contributed by atoms with van der Waals surface area (Å²) in [6.07, 6.45) is -4.74. The van der Waals surface area contributed by atoms with E-state index in [1.54, 1.807) is 24.3 Å². The normalized spacial score (nSPS) is 17.4. The summed E-state index contributed by atoms with van der Waals surface area (Å²) in [6, 6.07) is 6.91. The highest BCUT2D eigenvalue weighted by Gasteiger charge is 2.43. The van der Waals surface area contributed by atoms with Crippen molar-refractivity contribution in [3.05, 3.63) is 46.8 Å². The van der Waals surface area contributed by atoms with Crippen LogP contribution in [0.3, 0.4) is 0 Å². The molecule has 3 N–H and O–H groups in total. The molecule has 9 heteroatoms. The number of hydrogen-bond donors (Lipinski definition) is 2. The first kappa shape index (κ1) is 17.4. The average molecular weight is 355 g/mol. The van der Waals surface area contributed by atoms with E-state index in [0.717, 1.165) is 0 Å². The van der Waals surface area contributed by atoms with E-state index in [1.807, 2.05) is 0 Å². The fraction of sp³-hybridized carbons (Fsp3) is 0.375. The quantitative estimate of drug-likeness (QED) is 0.823. The lowest BCUT2D eigenvalue weighted by molar-refractivity contribution is -0.177. The summed E-state index contributed by atoms with van der Waals surface area (Å²) in [7, 11) is 0. The monoisotopic (exact) mass is 355 g/mol. The van der Waals surface area contributed by atoms with Gasteiger partial charge in [0.05, 0.1) is 18.2 Å². The van der Waals surface area contributed by atoms with Gasteiger partial charge in [-0.2, -0.15) is 18.3 Å². The van der Waals surface area contributed by atoms with E-state index < -0.39 is 18.1 Å². The fourth-order valence-electron chi connectivity index (χ4n) is 3.20. The molecule has 0 bridgehead atoms. The van der Waals surface area contributed by atoms with Crippen LogP contribution in [0.25, 0.3) is 5.69 Å². The number of alkyl halides is 3. The first-order valence-corrected chi connectivity index (χ1v) is 7.63. The number of nitrogens with two attached hydrogens (primary N) is 1. The Morgan fingerprint density at radius 2 is 2.12 bits per heavy atom. The molecule has 0 spiro atoms. The molecular formula is C16H16F3N3O3. The molecule has 0 saturated carbocycles. The summed E-state index contributed by atoms with van der Waals surface area (Å²) in [4.78, 5) is 16.1. The molecule has 1 aliphatic carbocycles. The molecule has 0 fully saturated rings. The van der Waals surface area contributed by atoms with Crippen LogP contribution in [0.5, 0.6) is 0 Å². The standard InChI is InChI=1S/C16H16F3N3O3/c17-16(18,19)10-5-6-13-11(7-10)14(15(23)24)21-22(13)12-4-2-1-3-9(12)8-25-20/h1-4,10H,5-8,20H2,(H,23,24). The summed E-state index contributed by atoms with van der Waals surface area (Å²) in [5, 5.41) is 13.4. The van der Waals surface area contributed by atoms with E-state index in [2.05, 4.69) is 9.94 Å². The molecule has 0 aliphatic heterocycles. The van der Waals surface area contributed by atoms with Crippen molar-refractivity contribution in [2.45, 2.75) is 32.0 Å². The van der Waals surface area contributed by atoms with Crippen LogP contribution >= 0.6 is 0 Å². The number of aromatic carboxylic acids is 1. The number of fused-ring (bicyclic) bond motifs is 1. The summed E-state index contributed by atoms with van der Waals surface area (Å²) in [6.45, 7) is 0.0678. The number of rotatable bonds is 4. The summed E-state index contributed by atoms with van der Waals surface area (Å²) >= 11 is 0. The van der Waals surface area contributed by atoms with Crippen LogP contribution in [-0.2, 0) is 24.3 Å². The van der Waals surface area contributed by atoms with E-state index in [1.165, 1.54) is 4.68 Å². The Hall–Kier alpha value is -2.39. The summed E-state index contributed by atoms with van der Waals surface area (Å²) in [5.74, 6) is 2.22. The highest BCUT2D eigenvalue weighted by molar-refractivity contribution is 5.87. The number of nitrogens with zero attached hydrogens (tertiary/aromatic N) is 2. The van der Waals surface area contributed by atoms with Crippen molar-refractivity contribution in [1.82, 2.24) is 9.78 Å². The predicted octanol–water partition coefficient (Wildman–Crippen LogP) is 2.63. The number of carboxylic acids is 1. The molecule has 2 aromatic rings.